The van der Waals surface area contributed by atoms with E-state index in [0.717, 1.165) is 5.69 Å². The van der Waals surface area contributed by atoms with E-state index in [1.165, 1.54) is 7.11 Å². The number of benzene rings is 1. The molecular formula is C14H18N2O3. The smallest absolute Gasteiger partial charge is 0.321 e. The van der Waals surface area contributed by atoms with E-state index in [1.807, 2.05) is 37.3 Å². The van der Waals surface area contributed by atoms with Gasteiger partial charge in [0.15, 0.2) is 0 Å². The number of carbonyl (C=O) groups excluding carboxylic acids is 2. The fourth-order valence-electron chi connectivity index (χ4n) is 2.31. The SMILES string of the molecule is COC(=O)C1CN(C(=O)Nc2ccccc2)CC1C. The van der Waals surface area contributed by atoms with Crippen LogP contribution in [0.5, 0.6) is 0 Å². The number of nitrogens with zero attached hydrogens (tertiary/aromatic N) is 1. The maximum Gasteiger partial charge on any atom is 0.321 e. The number of para-hydroxylation sites is 1. The van der Waals surface area contributed by atoms with Crippen LogP contribution in [-0.2, 0) is 9.53 Å². The lowest BCUT2D eigenvalue weighted by Gasteiger charge is -2.16. The number of amides is 2. The molecule has 1 saturated heterocycles. The van der Waals surface area contributed by atoms with E-state index in [2.05, 4.69) is 5.32 Å². The topological polar surface area (TPSA) is 58.6 Å². The van der Waals surface area contributed by atoms with Gasteiger partial charge in [-0.15, -0.1) is 0 Å². The summed E-state index contributed by atoms with van der Waals surface area (Å²) in [6.45, 7) is 2.93. The number of nitrogens with one attached hydrogen (secondary N) is 1. The van der Waals surface area contributed by atoms with Gasteiger partial charge in [0.25, 0.3) is 0 Å². The number of hydrogen-bond donors (Lipinski definition) is 1. The Morgan fingerprint density at radius 1 is 1.26 bits per heavy atom. The van der Waals surface area contributed by atoms with Crippen molar-refractivity contribution in [3.05, 3.63) is 30.3 Å². The van der Waals surface area contributed by atoms with Crippen molar-refractivity contribution >= 4 is 17.7 Å². The van der Waals surface area contributed by atoms with E-state index >= 15 is 0 Å². The minimum absolute atomic E-state index is 0.119. The number of carbonyl (C=O) groups is 2. The van der Waals surface area contributed by atoms with E-state index < -0.39 is 0 Å². The first-order valence-electron chi connectivity index (χ1n) is 6.30. The minimum Gasteiger partial charge on any atom is -0.469 e. The second kappa shape index (κ2) is 5.73. The van der Waals surface area contributed by atoms with E-state index in [-0.39, 0.29) is 23.8 Å². The number of esters is 1. The second-order valence-electron chi connectivity index (χ2n) is 4.81. The van der Waals surface area contributed by atoms with Crippen molar-refractivity contribution in [2.24, 2.45) is 11.8 Å². The van der Waals surface area contributed by atoms with Gasteiger partial charge in [0.05, 0.1) is 13.0 Å². The molecule has 1 heterocycles. The van der Waals surface area contributed by atoms with Crippen molar-refractivity contribution in [1.82, 2.24) is 4.90 Å². The molecule has 1 aromatic carbocycles. The zero-order valence-electron chi connectivity index (χ0n) is 11.1. The zero-order valence-corrected chi connectivity index (χ0v) is 11.1. The van der Waals surface area contributed by atoms with Gasteiger partial charge >= 0.3 is 12.0 Å². The quantitative estimate of drug-likeness (QED) is 0.829. The Kier molecular flexibility index (Phi) is 4.04. The number of urea groups is 1. The predicted octanol–water partition coefficient (Wildman–Crippen LogP) is 1.96. The molecule has 1 aliphatic rings. The highest BCUT2D eigenvalue weighted by atomic mass is 16.5. The summed E-state index contributed by atoms with van der Waals surface area (Å²) in [5, 5.41) is 2.82. The van der Waals surface area contributed by atoms with Crippen LogP contribution >= 0.6 is 0 Å². The average Bonchev–Trinajstić information content (AvgIpc) is 2.81. The van der Waals surface area contributed by atoms with Crippen molar-refractivity contribution < 1.29 is 14.3 Å². The molecule has 0 aromatic heterocycles. The van der Waals surface area contributed by atoms with Crippen LogP contribution in [-0.4, -0.2) is 37.1 Å². The first-order chi connectivity index (χ1) is 9.11. The maximum atomic E-state index is 12.1. The monoisotopic (exact) mass is 262 g/mol. The first kappa shape index (κ1) is 13.4. The second-order valence-corrected chi connectivity index (χ2v) is 4.81. The minimum atomic E-state index is -0.248. The summed E-state index contributed by atoms with van der Waals surface area (Å²) in [6, 6.07) is 9.09. The van der Waals surface area contributed by atoms with Crippen LogP contribution in [0.4, 0.5) is 10.5 Å². The molecule has 2 atom stereocenters. The number of likely N-dealkylation sites (tertiary alicyclic amines) is 1. The molecule has 5 heteroatoms. The van der Waals surface area contributed by atoms with Gasteiger partial charge in [-0.1, -0.05) is 25.1 Å². The molecule has 0 bridgehead atoms. The summed E-state index contributed by atoms with van der Waals surface area (Å²) >= 11 is 0. The Labute approximate surface area is 112 Å². The van der Waals surface area contributed by atoms with Crippen molar-refractivity contribution in [2.75, 3.05) is 25.5 Å². The lowest BCUT2D eigenvalue weighted by Crippen LogP contribution is -2.33. The molecule has 1 fully saturated rings. The highest BCUT2D eigenvalue weighted by Crippen LogP contribution is 2.24. The standard InChI is InChI=1S/C14H18N2O3/c1-10-8-16(9-12(10)13(17)19-2)14(18)15-11-6-4-3-5-7-11/h3-7,10,12H,8-9H2,1-2H3,(H,15,18). The van der Waals surface area contributed by atoms with E-state index in [9.17, 15) is 9.59 Å². The van der Waals surface area contributed by atoms with Crippen molar-refractivity contribution in [1.29, 1.82) is 0 Å². The third-order valence-corrected chi connectivity index (χ3v) is 3.43. The van der Waals surface area contributed by atoms with Crippen molar-refractivity contribution in [2.45, 2.75) is 6.92 Å². The van der Waals surface area contributed by atoms with Crippen LogP contribution in [0.2, 0.25) is 0 Å². The molecule has 1 N–H and O–H groups in total. The summed E-state index contributed by atoms with van der Waals surface area (Å²) in [4.78, 5) is 25.3. The van der Waals surface area contributed by atoms with Gasteiger partial charge in [-0.05, 0) is 18.1 Å². The van der Waals surface area contributed by atoms with Gasteiger partial charge in [-0.3, -0.25) is 4.79 Å². The number of methoxy groups -OCH3 is 1. The lowest BCUT2D eigenvalue weighted by molar-refractivity contribution is -0.145. The Morgan fingerprint density at radius 3 is 2.58 bits per heavy atom. The number of anilines is 1. The highest BCUT2D eigenvalue weighted by Gasteiger charge is 2.37. The number of rotatable bonds is 2. The Balaban J connectivity index is 1.96. The molecule has 102 valence electrons. The first-order valence-corrected chi connectivity index (χ1v) is 6.30. The Morgan fingerprint density at radius 2 is 1.95 bits per heavy atom. The van der Waals surface area contributed by atoms with Gasteiger partial charge in [0.1, 0.15) is 0 Å². The van der Waals surface area contributed by atoms with Crippen molar-refractivity contribution in [3.8, 4) is 0 Å². The molecule has 19 heavy (non-hydrogen) atoms. The molecule has 0 spiro atoms. The summed E-state index contributed by atoms with van der Waals surface area (Å²) < 4.78 is 4.75. The lowest BCUT2D eigenvalue weighted by atomic mass is 9.99. The summed E-state index contributed by atoms with van der Waals surface area (Å²) in [6.07, 6.45) is 0. The Hall–Kier alpha value is -2.04. The third kappa shape index (κ3) is 3.05. The van der Waals surface area contributed by atoms with Crippen molar-refractivity contribution in [3.63, 3.8) is 0 Å². The molecule has 2 rings (SSSR count). The Bertz CT molecular complexity index is 461. The fraction of sp³-hybridized carbons (Fsp3) is 0.429. The van der Waals surface area contributed by atoms with Crippen LogP contribution in [0.15, 0.2) is 30.3 Å². The fourth-order valence-corrected chi connectivity index (χ4v) is 2.31. The molecule has 0 saturated carbocycles. The maximum absolute atomic E-state index is 12.1. The van der Waals surface area contributed by atoms with E-state index in [0.29, 0.717) is 13.1 Å². The summed E-state index contributed by atoms with van der Waals surface area (Å²) in [7, 11) is 1.38. The van der Waals surface area contributed by atoms with Gasteiger partial charge < -0.3 is 15.0 Å². The zero-order chi connectivity index (χ0) is 13.8. The van der Waals surface area contributed by atoms with Crippen LogP contribution in [0.1, 0.15) is 6.92 Å². The molecule has 0 radical (unpaired) electrons. The van der Waals surface area contributed by atoms with Crippen LogP contribution in [0.25, 0.3) is 0 Å². The molecule has 2 unspecified atom stereocenters. The predicted molar refractivity (Wildman–Crippen MR) is 71.7 cm³/mol. The molecular weight excluding hydrogens is 244 g/mol. The van der Waals surface area contributed by atoms with Crippen LogP contribution in [0.3, 0.4) is 0 Å². The largest absolute Gasteiger partial charge is 0.469 e. The van der Waals surface area contributed by atoms with Gasteiger partial charge in [0.2, 0.25) is 0 Å². The van der Waals surface area contributed by atoms with Crippen LogP contribution in [0, 0.1) is 11.8 Å². The molecule has 1 aromatic rings. The van der Waals surface area contributed by atoms with Gasteiger partial charge in [-0.2, -0.15) is 0 Å². The highest BCUT2D eigenvalue weighted by molar-refractivity contribution is 5.90. The molecule has 0 aliphatic carbocycles. The normalized spacial score (nSPS) is 22.1. The number of ether oxygens (including phenoxy) is 1. The molecule has 1 aliphatic heterocycles. The van der Waals surface area contributed by atoms with E-state index in [1.54, 1.807) is 4.90 Å². The number of hydrogen-bond acceptors (Lipinski definition) is 3. The van der Waals surface area contributed by atoms with E-state index in [4.69, 9.17) is 4.74 Å². The van der Waals surface area contributed by atoms with Gasteiger partial charge in [-0.25, -0.2) is 4.79 Å². The average molecular weight is 262 g/mol. The molecule has 2 amide bonds. The third-order valence-electron chi connectivity index (χ3n) is 3.43. The summed E-state index contributed by atoms with van der Waals surface area (Å²) in [5.74, 6) is -0.358. The van der Waals surface area contributed by atoms with Gasteiger partial charge in [0, 0.05) is 18.8 Å². The summed E-state index contributed by atoms with van der Waals surface area (Å²) in [5.41, 5.74) is 0.752. The molecule has 5 nitrogen and oxygen atoms in total. The van der Waals surface area contributed by atoms with Crippen LogP contribution < -0.4 is 5.32 Å².